The van der Waals surface area contributed by atoms with Crippen LogP contribution in [0.2, 0.25) is 5.02 Å². The molecule has 0 saturated carbocycles. The van der Waals surface area contributed by atoms with Gasteiger partial charge >= 0.3 is 0 Å². The van der Waals surface area contributed by atoms with Crippen molar-refractivity contribution in [2.75, 3.05) is 5.32 Å². The van der Waals surface area contributed by atoms with Crippen LogP contribution in [0.3, 0.4) is 0 Å². The fraction of sp³-hybridized carbons (Fsp3) is 0.136. The normalized spacial score (nSPS) is 15.5. The van der Waals surface area contributed by atoms with Gasteiger partial charge in [0.05, 0.1) is 17.6 Å². The van der Waals surface area contributed by atoms with Gasteiger partial charge in [0.1, 0.15) is 11.6 Å². The molecule has 1 N–H and O–H groups in total. The molecule has 1 amide bonds. The average molecular weight is 435 g/mol. The van der Waals surface area contributed by atoms with E-state index in [1.54, 1.807) is 12.1 Å². The number of hydrogen-bond donors (Lipinski definition) is 1. The molecule has 7 nitrogen and oxygen atoms in total. The predicted octanol–water partition coefficient (Wildman–Crippen LogP) is 4.30. The van der Waals surface area contributed by atoms with E-state index >= 15 is 0 Å². The predicted molar refractivity (Wildman–Crippen MR) is 114 cm³/mol. The molecular formula is C22H16ClFN6O. The molecule has 3 heterocycles. The Kier molecular flexibility index (Phi) is 4.71. The molecule has 0 saturated heterocycles. The van der Waals surface area contributed by atoms with Crippen LogP contribution in [-0.2, 0) is 4.79 Å². The summed E-state index contributed by atoms with van der Waals surface area (Å²) in [7, 11) is 0. The van der Waals surface area contributed by atoms with Crippen LogP contribution < -0.4 is 5.32 Å². The van der Waals surface area contributed by atoms with Gasteiger partial charge in [-0.15, -0.1) is 5.10 Å². The molecule has 0 radical (unpaired) electrons. The number of nitrogens with zero attached hydrogens (tertiary/aromatic N) is 5. The first-order chi connectivity index (χ1) is 15.0. The smallest absolute Gasteiger partial charge is 0.272 e. The van der Waals surface area contributed by atoms with Crippen molar-refractivity contribution < 1.29 is 9.18 Å². The summed E-state index contributed by atoms with van der Waals surface area (Å²) in [5.41, 5.74) is 3.66. The van der Waals surface area contributed by atoms with Gasteiger partial charge in [0, 0.05) is 28.5 Å². The first-order valence-electron chi connectivity index (χ1n) is 9.61. The quantitative estimate of drug-likeness (QED) is 0.519. The highest BCUT2D eigenvalue weighted by molar-refractivity contribution is 6.31. The molecule has 5 rings (SSSR count). The molecule has 154 valence electrons. The number of benzene rings is 2. The summed E-state index contributed by atoms with van der Waals surface area (Å²) in [6.07, 6.45) is 1.75. The van der Waals surface area contributed by atoms with Crippen molar-refractivity contribution in [3.8, 4) is 17.2 Å². The zero-order valence-corrected chi connectivity index (χ0v) is 17.1. The van der Waals surface area contributed by atoms with Crippen LogP contribution in [0.5, 0.6) is 0 Å². The number of carbonyl (C=O) groups excluding carboxylic acids is 1. The van der Waals surface area contributed by atoms with Gasteiger partial charge in [0.15, 0.2) is 0 Å². The van der Waals surface area contributed by atoms with Crippen LogP contribution in [-0.4, -0.2) is 30.9 Å². The lowest BCUT2D eigenvalue weighted by Crippen LogP contribution is -2.25. The van der Waals surface area contributed by atoms with E-state index < -0.39 is 0 Å². The van der Waals surface area contributed by atoms with E-state index in [-0.39, 0.29) is 30.0 Å². The lowest BCUT2D eigenvalue weighted by Gasteiger charge is -2.24. The highest BCUT2D eigenvalue weighted by Gasteiger charge is 2.34. The molecule has 2 aromatic carbocycles. The summed E-state index contributed by atoms with van der Waals surface area (Å²) in [5.74, 6) is -0.0280. The lowest BCUT2D eigenvalue weighted by atomic mass is 9.86. The number of fused-ring (bicyclic) bond motifs is 1. The monoisotopic (exact) mass is 434 g/mol. The van der Waals surface area contributed by atoms with E-state index in [1.165, 1.54) is 23.0 Å². The van der Waals surface area contributed by atoms with E-state index in [0.29, 0.717) is 22.1 Å². The summed E-state index contributed by atoms with van der Waals surface area (Å²) >= 11 is 6.43. The topological polar surface area (TPSA) is 85.6 Å². The van der Waals surface area contributed by atoms with Gasteiger partial charge in [-0.25, -0.2) is 9.37 Å². The first kappa shape index (κ1) is 19.3. The molecule has 1 aliphatic heterocycles. The maximum Gasteiger partial charge on any atom is 0.272 e. The minimum absolute atomic E-state index is 0.152. The number of carbonyl (C=O) groups is 1. The number of aromatic nitrogens is 5. The van der Waals surface area contributed by atoms with Crippen molar-refractivity contribution in [3.05, 3.63) is 82.4 Å². The zero-order chi connectivity index (χ0) is 21.5. The van der Waals surface area contributed by atoms with Gasteiger partial charge in [-0.1, -0.05) is 29.8 Å². The van der Waals surface area contributed by atoms with Gasteiger partial charge in [-0.3, -0.25) is 4.79 Å². The Morgan fingerprint density at radius 1 is 1.16 bits per heavy atom. The van der Waals surface area contributed by atoms with Crippen LogP contribution in [0.1, 0.15) is 29.2 Å². The van der Waals surface area contributed by atoms with E-state index in [1.807, 2.05) is 31.2 Å². The molecule has 1 aliphatic rings. The maximum atomic E-state index is 13.3. The Morgan fingerprint density at radius 3 is 2.71 bits per heavy atom. The van der Waals surface area contributed by atoms with Gasteiger partial charge in [0.25, 0.3) is 5.95 Å². The Balaban J connectivity index is 1.63. The Hall–Kier alpha value is -3.65. The van der Waals surface area contributed by atoms with Crippen molar-refractivity contribution >= 4 is 23.3 Å². The van der Waals surface area contributed by atoms with E-state index in [2.05, 4.69) is 25.6 Å². The summed E-state index contributed by atoms with van der Waals surface area (Å²) in [4.78, 5) is 17.1. The first-order valence-corrected chi connectivity index (χ1v) is 9.99. The van der Waals surface area contributed by atoms with Gasteiger partial charge in [-0.05, 0) is 42.8 Å². The number of amides is 1. The molecule has 1 atom stereocenters. The van der Waals surface area contributed by atoms with Crippen molar-refractivity contribution in [2.24, 2.45) is 0 Å². The van der Waals surface area contributed by atoms with Gasteiger partial charge in [-0.2, -0.15) is 14.9 Å². The molecule has 31 heavy (non-hydrogen) atoms. The SMILES string of the molecule is Cc1nn(-c2nncc(-c3ccc(F)cc3)n2)c2c1[C@H](c1ccccc1Cl)CC(=O)N2. The number of halogens is 2. The van der Waals surface area contributed by atoms with Gasteiger partial charge < -0.3 is 5.32 Å². The molecule has 0 unspecified atom stereocenters. The second-order valence-electron chi connectivity index (χ2n) is 7.23. The number of hydrogen-bond acceptors (Lipinski definition) is 5. The van der Waals surface area contributed by atoms with Crippen LogP contribution >= 0.6 is 11.6 Å². The zero-order valence-electron chi connectivity index (χ0n) is 16.4. The minimum Gasteiger partial charge on any atom is -0.310 e. The Bertz CT molecular complexity index is 1300. The fourth-order valence-electron chi connectivity index (χ4n) is 3.86. The number of rotatable bonds is 3. The van der Waals surface area contributed by atoms with Crippen molar-refractivity contribution in [1.29, 1.82) is 0 Å². The van der Waals surface area contributed by atoms with Gasteiger partial charge in [0.2, 0.25) is 5.91 Å². The summed E-state index contributed by atoms with van der Waals surface area (Å²) in [5, 5.41) is 16.2. The average Bonchev–Trinajstić information content (AvgIpc) is 3.10. The van der Waals surface area contributed by atoms with Crippen LogP contribution in [0, 0.1) is 12.7 Å². The van der Waals surface area contributed by atoms with Crippen molar-refractivity contribution in [2.45, 2.75) is 19.3 Å². The van der Waals surface area contributed by atoms with E-state index in [0.717, 1.165) is 16.8 Å². The minimum atomic E-state index is -0.337. The van der Waals surface area contributed by atoms with Crippen LogP contribution in [0.25, 0.3) is 17.2 Å². The lowest BCUT2D eigenvalue weighted by molar-refractivity contribution is -0.116. The maximum absolute atomic E-state index is 13.3. The van der Waals surface area contributed by atoms with E-state index in [9.17, 15) is 9.18 Å². The Morgan fingerprint density at radius 2 is 1.94 bits per heavy atom. The molecule has 0 spiro atoms. The van der Waals surface area contributed by atoms with E-state index in [4.69, 9.17) is 11.6 Å². The highest BCUT2D eigenvalue weighted by atomic mass is 35.5. The van der Waals surface area contributed by atoms with Crippen molar-refractivity contribution in [1.82, 2.24) is 25.0 Å². The molecule has 4 aromatic rings. The number of nitrogens with one attached hydrogen (secondary N) is 1. The fourth-order valence-corrected chi connectivity index (χ4v) is 4.13. The summed E-state index contributed by atoms with van der Waals surface area (Å²) in [6, 6.07) is 13.4. The number of aryl methyl sites for hydroxylation is 1. The molecule has 9 heteroatoms. The third-order valence-corrected chi connectivity index (χ3v) is 5.60. The van der Waals surface area contributed by atoms with Crippen molar-refractivity contribution in [3.63, 3.8) is 0 Å². The third kappa shape index (κ3) is 3.44. The second kappa shape index (κ2) is 7.55. The molecular weight excluding hydrogens is 419 g/mol. The molecule has 0 fully saturated rings. The standard InChI is InChI=1S/C22H16ClFN6O/c1-12-20-16(15-4-2-3-5-17(15)23)10-19(31)27-21(20)30(29-12)22-26-18(11-25-28-22)13-6-8-14(24)9-7-13/h2-9,11,16H,10H2,1H3,(H,27,31)/t16-/m0/s1. The highest BCUT2D eigenvalue weighted by Crippen LogP contribution is 2.42. The number of anilines is 1. The summed E-state index contributed by atoms with van der Waals surface area (Å²) < 4.78 is 14.7. The molecule has 0 aliphatic carbocycles. The molecule has 0 bridgehead atoms. The van der Waals surface area contributed by atoms with Crippen LogP contribution in [0.15, 0.2) is 54.7 Å². The molecule has 2 aromatic heterocycles. The summed E-state index contributed by atoms with van der Waals surface area (Å²) in [6.45, 7) is 1.87. The van der Waals surface area contributed by atoms with Crippen LogP contribution in [0.4, 0.5) is 10.2 Å². The second-order valence-corrected chi connectivity index (χ2v) is 7.64. The Labute approximate surface area is 181 Å². The third-order valence-electron chi connectivity index (χ3n) is 5.26. The largest absolute Gasteiger partial charge is 0.310 e.